The van der Waals surface area contributed by atoms with Gasteiger partial charge >= 0.3 is 0 Å². The molecular weight excluding hydrogens is 427 g/mol. The minimum Gasteiger partial charge on any atom is -0.207 e. The molecule has 7 aromatic rings. The van der Waals surface area contributed by atoms with Gasteiger partial charge in [-0.05, 0) is 77.5 Å². The second-order valence-electron chi connectivity index (χ2n) is 9.04. The molecule has 7 rings (SSSR count). The Labute approximate surface area is 202 Å². The van der Waals surface area contributed by atoms with Gasteiger partial charge < -0.3 is 0 Å². The highest BCUT2D eigenvalue weighted by atomic mass is 19.1. The molecule has 0 spiro atoms. The summed E-state index contributed by atoms with van der Waals surface area (Å²) in [4.78, 5) is 0. The first-order valence-corrected chi connectivity index (χ1v) is 11.9. The van der Waals surface area contributed by atoms with Crippen molar-refractivity contribution in [3.05, 3.63) is 133 Å². The summed E-state index contributed by atoms with van der Waals surface area (Å²) in [6.45, 7) is 0. The lowest BCUT2D eigenvalue weighted by Gasteiger charge is -2.19. The Hall–Kier alpha value is -4.49. The Morgan fingerprint density at radius 1 is 0.343 bits per heavy atom. The summed E-state index contributed by atoms with van der Waals surface area (Å²) in [5.74, 6) is -0.224. The van der Waals surface area contributed by atoms with Crippen LogP contribution in [0.15, 0.2) is 127 Å². The molecule has 35 heavy (non-hydrogen) atoms. The molecule has 0 atom stereocenters. The molecule has 0 aromatic heterocycles. The molecule has 0 nitrogen and oxygen atoms in total. The van der Waals surface area contributed by atoms with E-state index in [4.69, 9.17) is 0 Å². The highest BCUT2D eigenvalue weighted by Crippen LogP contribution is 2.46. The first kappa shape index (κ1) is 19.9. The smallest absolute Gasteiger partial charge is 0.123 e. The van der Waals surface area contributed by atoms with Crippen LogP contribution in [0.25, 0.3) is 65.3 Å². The molecule has 164 valence electrons. The maximum atomic E-state index is 14.8. The van der Waals surface area contributed by atoms with Crippen molar-refractivity contribution in [2.45, 2.75) is 0 Å². The lowest BCUT2D eigenvalue weighted by Crippen LogP contribution is -1.93. The van der Waals surface area contributed by atoms with Crippen molar-refractivity contribution >= 4 is 43.1 Å². The van der Waals surface area contributed by atoms with Gasteiger partial charge in [-0.3, -0.25) is 0 Å². The summed E-state index contributed by atoms with van der Waals surface area (Å²) in [5.41, 5.74) is 4.52. The van der Waals surface area contributed by atoms with Crippen LogP contribution in [-0.2, 0) is 0 Å². The van der Waals surface area contributed by atoms with Gasteiger partial charge in [0.15, 0.2) is 0 Å². The summed E-state index contributed by atoms with van der Waals surface area (Å²) in [7, 11) is 0. The Morgan fingerprint density at radius 3 is 1.34 bits per heavy atom. The molecular formula is C34H21F. The van der Waals surface area contributed by atoms with Crippen molar-refractivity contribution in [1.82, 2.24) is 0 Å². The monoisotopic (exact) mass is 448 g/mol. The first-order chi connectivity index (χ1) is 17.3. The van der Waals surface area contributed by atoms with Crippen molar-refractivity contribution in [2.24, 2.45) is 0 Å². The van der Waals surface area contributed by atoms with Crippen LogP contribution in [0.5, 0.6) is 0 Å². The van der Waals surface area contributed by atoms with Gasteiger partial charge in [-0.1, -0.05) is 115 Å². The van der Waals surface area contributed by atoms with Crippen LogP contribution >= 0.6 is 0 Å². The molecule has 0 heterocycles. The molecule has 0 radical (unpaired) electrons. The molecule has 0 fully saturated rings. The van der Waals surface area contributed by atoms with Gasteiger partial charge in [0.05, 0.1) is 0 Å². The van der Waals surface area contributed by atoms with Gasteiger partial charge in [0.2, 0.25) is 0 Å². The molecule has 0 aliphatic heterocycles. The molecule has 0 saturated heterocycles. The Kier molecular flexibility index (Phi) is 4.43. The van der Waals surface area contributed by atoms with Gasteiger partial charge in [-0.15, -0.1) is 0 Å². The Bertz CT molecular complexity index is 1900. The average Bonchev–Trinajstić information content (AvgIpc) is 2.91. The molecule has 0 saturated carbocycles. The Balaban J connectivity index is 1.72. The van der Waals surface area contributed by atoms with Crippen LogP contribution in [0.3, 0.4) is 0 Å². The minimum absolute atomic E-state index is 0.224. The van der Waals surface area contributed by atoms with E-state index >= 15 is 0 Å². The van der Waals surface area contributed by atoms with E-state index in [2.05, 4.69) is 109 Å². The van der Waals surface area contributed by atoms with Crippen molar-refractivity contribution in [2.75, 3.05) is 0 Å². The fourth-order valence-corrected chi connectivity index (χ4v) is 5.62. The number of fused-ring (bicyclic) bond motifs is 4. The molecule has 1 heteroatoms. The second kappa shape index (κ2) is 7.78. The zero-order valence-electron chi connectivity index (χ0n) is 19.0. The van der Waals surface area contributed by atoms with Crippen LogP contribution in [0.4, 0.5) is 4.39 Å². The summed E-state index contributed by atoms with van der Waals surface area (Å²) >= 11 is 0. The Morgan fingerprint density at radius 2 is 0.771 bits per heavy atom. The molecule has 0 N–H and O–H groups in total. The first-order valence-electron chi connectivity index (χ1n) is 11.9. The maximum absolute atomic E-state index is 14.8. The zero-order valence-corrected chi connectivity index (χ0v) is 19.0. The van der Waals surface area contributed by atoms with E-state index in [1.165, 1.54) is 32.5 Å². The third-order valence-electron chi connectivity index (χ3n) is 7.10. The van der Waals surface area contributed by atoms with E-state index < -0.39 is 0 Å². The molecule has 0 aliphatic carbocycles. The normalized spacial score (nSPS) is 11.6. The minimum atomic E-state index is -0.224. The topological polar surface area (TPSA) is 0 Å². The zero-order chi connectivity index (χ0) is 23.4. The van der Waals surface area contributed by atoms with E-state index in [0.29, 0.717) is 0 Å². The molecule has 7 aromatic carbocycles. The van der Waals surface area contributed by atoms with Crippen LogP contribution in [0.1, 0.15) is 0 Å². The third kappa shape index (κ3) is 3.05. The fraction of sp³-hybridized carbons (Fsp3) is 0. The van der Waals surface area contributed by atoms with Crippen molar-refractivity contribution < 1.29 is 4.39 Å². The number of benzene rings is 7. The quantitative estimate of drug-likeness (QED) is 0.231. The van der Waals surface area contributed by atoms with E-state index in [1.54, 1.807) is 12.1 Å². The van der Waals surface area contributed by atoms with Gasteiger partial charge in [0, 0.05) is 0 Å². The predicted molar refractivity (Wildman–Crippen MR) is 147 cm³/mol. The SMILES string of the molecule is Fc1ccc2c(-c3cccc4ccccc34)c3ccccc3c(-c3cccc4ccccc34)c2c1. The van der Waals surface area contributed by atoms with Crippen molar-refractivity contribution in [3.63, 3.8) is 0 Å². The van der Waals surface area contributed by atoms with Crippen molar-refractivity contribution in [1.29, 1.82) is 0 Å². The van der Waals surface area contributed by atoms with Crippen LogP contribution in [-0.4, -0.2) is 0 Å². The molecule has 0 amide bonds. The number of rotatable bonds is 2. The maximum Gasteiger partial charge on any atom is 0.123 e. The third-order valence-corrected chi connectivity index (χ3v) is 7.10. The largest absolute Gasteiger partial charge is 0.207 e. The summed E-state index contributed by atoms with van der Waals surface area (Å²) in [6, 6.07) is 43.5. The number of hydrogen-bond acceptors (Lipinski definition) is 0. The van der Waals surface area contributed by atoms with Crippen molar-refractivity contribution in [3.8, 4) is 22.3 Å². The van der Waals surface area contributed by atoms with Gasteiger partial charge in [0.1, 0.15) is 5.82 Å². The van der Waals surface area contributed by atoms with E-state index in [0.717, 1.165) is 32.8 Å². The van der Waals surface area contributed by atoms with E-state index in [-0.39, 0.29) is 5.82 Å². The van der Waals surface area contributed by atoms with Gasteiger partial charge in [-0.25, -0.2) is 4.39 Å². The molecule has 0 aliphatic rings. The molecule has 0 unspecified atom stereocenters. The lowest BCUT2D eigenvalue weighted by atomic mass is 9.83. The summed E-state index contributed by atoms with van der Waals surface area (Å²) in [5, 5.41) is 9.04. The number of halogens is 1. The number of hydrogen-bond donors (Lipinski definition) is 0. The van der Waals surface area contributed by atoms with E-state index in [9.17, 15) is 4.39 Å². The predicted octanol–water partition coefficient (Wildman–Crippen LogP) is 9.77. The van der Waals surface area contributed by atoms with Gasteiger partial charge in [0.25, 0.3) is 0 Å². The fourth-order valence-electron chi connectivity index (χ4n) is 5.62. The summed E-state index contributed by atoms with van der Waals surface area (Å²) in [6.07, 6.45) is 0. The second-order valence-corrected chi connectivity index (χ2v) is 9.04. The highest BCUT2D eigenvalue weighted by molar-refractivity contribution is 6.25. The molecule has 0 bridgehead atoms. The van der Waals surface area contributed by atoms with Crippen LogP contribution < -0.4 is 0 Å². The lowest BCUT2D eigenvalue weighted by molar-refractivity contribution is 0.630. The standard InChI is InChI=1S/C34H21F/c35-24-19-20-31-32(21-24)34(28-18-8-12-23-10-2-4-14-26(23)28)30-16-6-5-15-29(30)33(31)27-17-7-11-22-9-1-3-13-25(22)27/h1-21H. The summed E-state index contributed by atoms with van der Waals surface area (Å²) < 4.78 is 14.8. The van der Waals surface area contributed by atoms with Gasteiger partial charge in [-0.2, -0.15) is 0 Å². The van der Waals surface area contributed by atoms with Crippen LogP contribution in [0.2, 0.25) is 0 Å². The van der Waals surface area contributed by atoms with E-state index in [1.807, 2.05) is 6.07 Å². The highest BCUT2D eigenvalue weighted by Gasteiger charge is 2.19. The average molecular weight is 449 g/mol. The van der Waals surface area contributed by atoms with Crippen LogP contribution in [0, 0.1) is 5.82 Å².